The number of fused-ring (bicyclic) bond motifs is 3. The van der Waals surface area contributed by atoms with E-state index in [4.69, 9.17) is 11.6 Å². The number of rotatable bonds is 2. The molecule has 1 aromatic carbocycles. The summed E-state index contributed by atoms with van der Waals surface area (Å²) in [7, 11) is 1.62. The molecule has 0 fully saturated rings. The topological polar surface area (TPSA) is 77.1 Å². The monoisotopic (exact) mass is 357 g/mol. The summed E-state index contributed by atoms with van der Waals surface area (Å²) in [6.07, 6.45) is 0. The molecule has 4 aromatic rings. The zero-order valence-corrected chi connectivity index (χ0v) is 14.8. The summed E-state index contributed by atoms with van der Waals surface area (Å²) in [5.74, 6) is 0.553. The van der Waals surface area contributed by atoms with Crippen LogP contribution in [0.15, 0.2) is 33.9 Å². The highest BCUT2D eigenvalue weighted by Gasteiger charge is 2.19. The predicted molar refractivity (Wildman–Crippen MR) is 96.6 cm³/mol. The highest BCUT2D eigenvalue weighted by Crippen LogP contribution is 2.17. The van der Waals surface area contributed by atoms with Gasteiger partial charge in [-0.05, 0) is 31.5 Å². The normalized spacial score (nSPS) is 11.7. The Balaban J connectivity index is 2.06. The van der Waals surface area contributed by atoms with E-state index in [1.165, 1.54) is 9.13 Å². The summed E-state index contributed by atoms with van der Waals surface area (Å²) in [5.41, 5.74) is 2.59. The second-order valence-electron chi connectivity index (χ2n) is 6.14. The lowest BCUT2D eigenvalue weighted by Gasteiger charge is -2.09. The van der Waals surface area contributed by atoms with Gasteiger partial charge in [-0.25, -0.2) is 4.79 Å². The summed E-state index contributed by atoms with van der Waals surface area (Å²) in [4.78, 5) is 33.3. The molecule has 128 valence electrons. The first-order valence-electron chi connectivity index (χ1n) is 7.80. The number of halogens is 1. The quantitative estimate of drug-likeness (QED) is 0.596. The van der Waals surface area contributed by atoms with Gasteiger partial charge in [-0.3, -0.25) is 18.3 Å². The minimum atomic E-state index is -0.410. The first kappa shape index (κ1) is 15.7. The number of aromatic amines is 1. The molecule has 8 heteroatoms. The molecule has 0 saturated carbocycles. The summed E-state index contributed by atoms with van der Waals surface area (Å²) in [6.45, 7) is 3.98. The van der Waals surface area contributed by atoms with Crippen LogP contribution in [0, 0.1) is 13.8 Å². The average Bonchev–Trinajstić information content (AvgIpc) is 3.07. The van der Waals surface area contributed by atoms with Gasteiger partial charge < -0.3 is 4.98 Å². The van der Waals surface area contributed by atoms with Crippen LogP contribution in [0.1, 0.15) is 17.0 Å². The standard InChI is InChI=1S/C17H16ClN5O2/c1-9-10(2)23-13-14(20-16(23)19-9)21(3)17(25)22(15(13)24)8-11-5-4-6-12(18)7-11/h4-7H,8H2,1-3H3,(H,19,20). The van der Waals surface area contributed by atoms with Crippen molar-refractivity contribution in [3.8, 4) is 0 Å². The van der Waals surface area contributed by atoms with Crippen LogP contribution in [0.2, 0.25) is 5.02 Å². The third-order valence-corrected chi connectivity index (χ3v) is 4.78. The second-order valence-corrected chi connectivity index (χ2v) is 6.58. The van der Waals surface area contributed by atoms with Gasteiger partial charge in [0.05, 0.1) is 6.54 Å². The van der Waals surface area contributed by atoms with Crippen molar-refractivity contribution in [3.63, 3.8) is 0 Å². The molecule has 0 aliphatic heterocycles. The van der Waals surface area contributed by atoms with Gasteiger partial charge in [-0.15, -0.1) is 0 Å². The van der Waals surface area contributed by atoms with E-state index in [0.717, 1.165) is 17.0 Å². The van der Waals surface area contributed by atoms with Gasteiger partial charge in [0.2, 0.25) is 5.78 Å². The minimum Gasteiger partial charge on any atom is -0.327 e. The predicted octanol–water partition coefficient (Wildman–Crippen LogP) is 1.99. The van der Waals surface area contributed by atoms with E-state index in [1.807, 2.05) is 19.9 Å². The Morgan fingerprint density at radius 2 is 2.00 bits per heavy atom. The van der Waals surface area contributed by atoms with Crippen LogP contribution in [0.25, 0.3) is 16.9 Å². The Kier molecular flexibility index (Phi) is 3.36. The van der Waals surface area contributed by atoms with E-state index in [9.17, 15) is 9.59 Å². The van der Waals surface area contributed by atoms with Crippen molar-refractivity contribution in [1.82, 2.24) is 23.5 Å². The fourth-order valence-electron chi connectivity index (χ4n) is 3.11. The number of nitrogens with zero attached hydrogens (tertiary/aromatic N) is 4. The molecule has 25 heavy (non-hydrogen) atoms. The maximum Gasteiger partial charge on any atom is 0.332 e. The van der Waals surface area contributed by atoms with E-state index in [0.29, 0.717) is 22.0 Å². The third kappa shape index (κ3) is 2.23. The molecule has 0 spiro atoms. The Morgan fingerprint density at radius 3 is 2.72 bits per heavy atom. The highest BCUT2D eigenvalue weighted by atomic mass is 35.5. The average molecular weight is 358 g/mol. The Morgan fingerprint density at radius 1 is 1.24 bits per heavy atom. The molecular formula is C17H16ClN5O2. The van der Waals surface area contributed by atoms with Gasteiger partial charge in [0.15, 0.2) is 11.2 Å². The minimum absolute atomic E-state index is 0.150. The fourth-order valence-corrected chi connectivity index (χ4v) is 3.33. The van der Waals surface area contributed by atoms with Crippen molar-refractivity contribution in [2.75, 3.05) is 0 Å². The van der Waals surface area contributed by atoms with Gasteiger partial charge in [0.1, 0.15) is 0 Å². The van der Waals surface area contributed by atoms with E-state index in [2.05, 4.69) is 9.97 Å². The number of benzene rings is 1. The van der Waals surface area contributed by atoms with Gasteiger partial charge >= 0.3 is 5.69 Å². The van der Waals surface area contributed by atoms with Crippen molar-refractivity contribution < 1.29 is 0 Å². The zero-order valence-electron chi connectivity index (χ0n) is 14.0. The maximum absolute atomic E-state index is 13.1. The molecule has 0 atom stereocenters. The van der Waals surface area contributed by atoms with Gasteiger partial charge in [0.25, 0.3) is 5.56 Å². The van der Waals surface area contributed by atoms with E-state index in [1.54, 1.807) is 29.6 Å². The first-order valence-corrected chi connectivity index (χ1v) is 8.18. The Bertz CT molecular complexity index is 1260. The van der Waals surface area contributed by atoms with Gasteiger partial charge in [-0.2, -0.15) is 4.98 Å². The van der Waals surface area contributed by atoms with Crippen molar-refractivity contribution in [2.45, 2.75) is 20.4 Å². The van der Waals surface area contributed by atoms with Crippen LogP contribution >= 0.6 is 11.6 Å². The number of imidazole rings is 2. The summed E-state index contributed by atoms with van der Waals surface area (Å²) in [6, 6.07) is 7.12. The van der Waals surface area contributed by atoms with Crippen LogP contribution in [-0.2, 0) is 13.6 Å². The molecule has 4 rings (SSSR count). The first-order chi connectivity index (χ1) is 11.9. The molecule has 7 nitrogen and oxygen atoms in total. The van der Waals surface area contributed by atoms with E-state index >= 15 is 0 Å². The van der Waals surface area contributed by atoms with Crippen molar-refractivity contribution in [1.29, 1.82) is 0 Å². The lowest BCUT2D eigenvalue weighted by molar-refractivity contribution is 0.656. The van der Waals surface area contributed by atoms with Gasteiger partial charge in [-0.1, -0.05) is 23.7 Å². The van der Waals surface area contributed by atoms with E-state index in [-0.39, 0.29) is 12.1 Å². The van der Waals surface area contributed by atoms with Crippen LogP contribution in [0.5, 0.6) is 0 Å². The van der Waals surface area contributed by atoms with Crippen molar-refractivity contribution >= 4 is 28.5 Å². The smallest absolute Gasteiger partial charge is 0.327 e. The summed E-state index contributed by atoms with van der Waals surface area (Å²) in [5, 5.41) is 0.562. The van der Waals surface area contributed by atoms with Crippen LogP contribution in [-0.4, -0.2) is 23.5 Å². The Labute approximate surface area is 147 Å². The molecule has 0 bridgehead atoms. The number of aromatic nitrogens is 5. The molecule has 3 aromatic heterocycles. The summed E-state index contributed by atoms with van der Waals surface area (Å²) >= 11 is 6.01. The highest BCUT2D eigenvalue weighted by molar-refractivity contribution is 6.30. The molecule has 3 heterocycles. The maximum atomic E-state index is 13.1. The molecule has 0 saturated heterocycles. The number of H-pyrrole nitrogens is 1. The third-order valence-electron chi connectivity index (χ3n) is 4.55. The molecule has 0 aliphatic rings. The van der Waals surface area contributed by atoms with Crippen LogP contribution in [0.3, 0.4) is 0 Å². The molecule has 0 amide bonds. The second kappa shape index (κ2) is 5.35. The summed E-state index contributed by atoms with van der Waals surface area (Å²) < 4.78 is 4.38. The number of hydrogen-bond donors (Lipinski definition) is 1. The largest absolute Gasteiger partial charge is 0.332 e. The van der Waals surface area contributed by atoms with Gasteiger partial charge in [0, 0.05) is 23.5 Å². The molecule has 0 radical (unpaired) electrons. The van der Waals surface area contributed by atoms with E-state index < -0.39 is 5.69 Å². The lowest BCUT2D eigenvalue weighted by atomic mass is 10.2. The SMILES string of the molecule is Cc1[nH]c2nc3c(c(=O)n(Cc4cccc(Cl)c4)c(=O)n3C)n2c1C. The number of hydrogen-bond acceptors (Lipinski definition) is 3. The van der Waals surface area contributed by atoms with Crippen LogP contribution < -0.4 is 11.2 Å². The zero-order chi connectivity index (χ0) is 17.9. The number of nitrogens with one attached hydrogen (secondary N) is 1. The molecule has 0 unspecified atom stereocenters. The fraction of sp³-hybridized carbons (Fsp3) is 0.235. The van der Waals surface area contributed by atoms with Crippen molar-refractivity contribution in [2.24, 2.45) is 7.05 Å². The molecule has 1 N–H and O–H groups in total. The molecular weight excluding hydrogens is 342 g/mol. The lowest BCUT2D eigenvalue weighted by Crippen LogP contribution is -2.39. The number of aryl methyl sites for hydroxylation is 3. The Hall–Kier alpha value is -2.80. The van der Waals surface area contributed by atoms with Crippen LogP contribution in [0.4, 0.5) is 0 Å². The molecule has 0 aliphatic carbocycles. The van der Waals surface area contributed by atoms with Crippen molar-refractivity contribution in [3.05, 3.63) is 67.1 Å².